The van der Waals surface area contributed by atoms with Crippen molar-refractivity contribution < 1.29 is 14.3 Å². The number of carbonyl (C=O) groups is 1. The fourth-order valence-electron chi connectivity index (χ4n) is 2.36. The molecule has 2 aromatic rings. The van der Waals surface area contributed by atoms with Gasteiger partial charge in [-0.2, -0.15) is 5.10 Å². The summed E-state index contributed by atoms with van der Waals surface area (Å²) in [6, 6.07) is 13.3. The minimum absolute atomic E-state index is 0.169. The molecule has 118 valence electrons. The second-order valence-electron chi connectivity index (χ2n) is 5.46. The van der Waals surface area contributed by atoms with E-state index in [9.17, 15) is 4.79 Å². The highest BCUT2D eigenvalue weighted by atomic mass is 16.6. The molecule has 3 rings (SSSR count). The maximum absolute atomic E-state index is 12.1. The zero-order chi connectivity index (χ0) is 16.2. The van der Waals surface area contributed by atoms with Crippen molar-refractivity contribution >= 4 is 12.1 Å². The van der Waals surface area contributed by atoms with Crippen molar-refractivity contribution in [1.82, 2.24) is 5.43 Å². The predicted molar refractivity (Wildman–Crippen MR) is 88.0 cm³/mol. The van der Waals surface area contributed by atoms with Crippen LogP contribution in [0.15, 0.2) is 47.6 Å². The first-order valence-electron chi connectivity index (χ1n) is 7.42. The smallest absolute Gasteiger partial charge is 0.284 e. The number of aryl methyl sites for hydroxylation is 2. The molecule has 1 amide bonds. The molecule has 5 nitrogen and oxygen atoms in total. The normalized spacial score (nSPS) is 16.3. The van der Waals surface area contributed by atoms with Gasteiger partial charge in [0, 0.05) is 0 Å². The van der Waals surface area contributed by atoms with E-state index in [1.54, 1.807) is 12.3 Å². The van der Waals surface area contributed by atoms with Crippen LogP contribution < -0.4 is 14.9 Å². The van der Waals surface area contributed by atoms with Gasteiger partial charge < -0.3 is 9.47 Å². The van der Waals surface area contributed by atoms with E-state index in [1.807, 2.05) is 44.2 Å². The highest BCUT2D eigenvalue weighted by Crippen LogP contribution is 2.30. The number of fused-ring (bicyclic) bond motifs is 1. The fourth-order valence-corrected chi connectivity index (χ4v) is 2.36. The lowest BCUT2D eigenvalue weighted by atomic mass is 10.1. The molecule has 0 aliphatic carbocycles. The molecule has 0 radical (unpaired) electrons. The van der Waals surface area contributed by atoms with Gasteiger partial charge in [-0.1, -0.05) is 35.9 Å². The maximum atomic E-state index is 12.1. The van der Waals surface area contributed by atoms with Gasteiger partial charge in [0.1, 0.15) is 6.61 Å². The van der Waals surface area contributed by atoms with Crippen LogP contribution in [0.2, 0.25) is 0 Å². The number of carbonyl (C=O) groups excluding carboxylic acids is 1. The number of hydrogen-bond donors (Lipinski definition) is 1. The Kier molecular flexibility index (Phi) is 4.28. The van der Waals surface area contributed by atoms with Crippen LogP contribution in [-0.4, -0.2) is 24.8 Å². The number of benzene rings is 2. The predicted octanol–water partition coefficient (Wildman–Crippen LogP) is 2.59. The summed E-state index contributed by atoms with van der Waals surface area (Å²) in [7, 11) is 0. The average Bonchev–Trinajstić information content (AvgIpc) is 2.56. The van der Waals surface area contributed by atoms with Gasteiger partial charge in [0.25, 0.3) is 5.91 Å². The molecule has 1 aliphatic rings. The van der Waals surface area contributed by atoms with E-state index in [4.69, 9.17) is 9.47 Å². The highest BCUT2D eigenvalue weighted by molar-refractivity contribution is 5.85. The zero-order valence-electron chi connectivity index (χ0n) is 13.1. The first kappa shape index (κ1) is 15.1. The van der Waals surface area contributed by atoms with Crippen LogP contribution >= 0.6 is 0 Å². The van der Waals surface area contributed by atoms with Gasteiger partial charge in [0.05, 0.1) is 6.21 Å². The molecule has 0 aromatic heterocycles. The average molecular weight is 310 g/mol. The molecule has 1 N–H and O–H groups in total. The number of rotatable bonds is 3. The van der Waals surface area contributed by atoms with Crippen molar-refractivity contribution in [2.75, 3.05) is 6.61 Å². The third-order valence-electron chi connectivity index (χ3n) is 3.60. The Hall–Kier alpha value is -2.82. The van der Waals surface area contributed by atoms with Crippen LogP contribution in [0.5, 0.6) is 11.5 Å². The van der Waals surface area contributed by atoms with Crippen LogP contribution in [0.25, 0.3) is 0 Å². The van der Waals surface area contributed by atoms with E-state index in [-0.39, 0.29) is 12.5 Å². The summed E-state index contributed by atoms with van der Waals surface area (Å²) in [6.45, 7) is 4.21. The SMILES string of the molecule is Cc1ccc(/C=N\NC(=O)[C@H]2COc3ccccc3O2)c(C)c1. The van der Waals surface area contributed by atoms with Crippen LogP contribution in [0.1, 0.15) is 16.7 Å². The van der Waals surface area contributed by atoms with E-state index < -0.39 is 6.10 Å². The van der Waals surface area contributed by atoms with Crippen LogP contribution in [0.3, 0.4) is 0 Å². The summed E-state index contributed by atoms with van der Waals surface area (Å²) in [5.41, 5.74) is 5.75. The summed E-state index contributed by atoms with van der Waals surface area (Å²) in [5.74, 6) is 0.883. The Morgan fingerprint density at radius 3 is 2.78 bits per heavy atom. The van der Waals surface area contributed by atoms with Gasteiger partial charge in [0.2, 0.25) is 6.10 Å². The van der Waals surface area contributed by atoms with E-state index in [1.165, 1.54) is 5.56 Å². The number of nitrogens with zero attached hydrogens (tertiary/aromatic N) is 1. The third-order valence-corrected chi connectivity index (χ3v) is 3.60. The molecule has 23 heavy (non-hydrogen) atoms. The lowest BCUT2D eigenvalue weighted by Crippen LogP contribution is -2.42. The largest absolute Gasteiger partial charge is 0.485 e. The summed E-state index contributed by atoms with van der Waals surface area (Å²) in [6.07, 6.45) is 0.922. The van der Waals surface area contributed by atoms with E-state index in [0.717, 1.165) is 11.1 Å². The number of ether oxygens (including phenoxy) is 2. The summed E-state index contributed by atoms with van der Waals surface area (Å²) < 4.78 is 11.1. The molecule has 0 spiro atoms. The van der Waals surface area contributed by atoms with Gasteiger partial charge in [-0.3, -0.25) is 4.79 Å². The number of hydrogen-bond acceptors (Lipinski definition) is 4. The molecule has 0 unspecified atom stereocenters. The van der Waals surface area contributed by atoms with E-state index in [2.05, 4.69) is 16.6 Å². The van der Waals surface area contributed by atoms with Crippen molar-refractivity contribution in [2.24, 2.45) is 5.10 Å². The lowest BCUT2D eigenvalue weighted by Gasteiger charge is -2.24. The Bertz CT molecular complexity index is 756. The van der Waals surface area contributed by atoms with Crippen LogP contribution in [-0.2, 0) is 4.79 Å². The second kappa shape index (κ2) is 6.52. The number of nitrogens with one attached hydrogen (secondary N) is 1. The summed E-state index contributed by atoms with van der Waals surface area (Å²) in [4.78, 5) is 12.1. The van der Waals surface area contributed by atoms with Crippen molar-refractivity contribution in [3.8, 4) is 11.5 Å². The topological polar surface area (TPSA) is 59.9 Å². The van der Waals surface area contributed by atoms with Crippen LogP contribution in [0, 0.1) is 13.8 Å². The van der Waals surface area contributed by atoms with Crippen molar-refractivity contribution in [3.63, 3.8) is 0 Å². The van der Waals surface area contributed by atoms with Gasteiger partial charge in [0.15, 0.2) is 11.5 Å². The number of amides is 1. The van der Waals surface area contributed by atoms with Crippen molar-refractivity contribution in [1.29, 1.82) is 0 Å². The molecule has 1 heterocycles. The minimum Gasteiger partial charge on any atom is -0.485 e. The van der Waals surface area contributed by atoms with Crippen molar-refractivity contribution in [2.45, 2.75) is 20.0 Å². The quantitative estimate of drug-likeness (QED) is 0.700. The van der Waals surface area contributed by atoms with Gasteiger partial charge in [-0.05, 0) is 37.1 Å². The molecule has 0 fully saturated rings. The minimum atomic E-state index is -0.707. The fraction of sp³-hybridized carbons (Fsp3) is 0.222. The van der Waals surface area contributed by atoms with E-state index >= 15 is 0 Å². The Labute approximate surface area is 134 Å². The van der Waals surface area contributed by atoms with Gasteiger partial charge in [-0.15, -0.1) is 0 Å². The summed E-state index contributed by atoms with van der Waals surface area (Å²) >= 11 is 0. The highest BCUT2D eigenvalue weighted by Gasteiger charge is 2.26. The summed E-state index contributed by atoms with van der Waals surface area (Å²) in [5, 5.41) is 4.00. The molecule has 5 heteroatoms. The zero-order valence-corrected chi connectivity index (χ0v) is 13.1. The monoisotopic (exact) mass is 310 g/mol. The van der Waals surface area contributed by atoms with Crippen molar-refractivity contribution in [3.05, 3.63) is 59.2 Å². The number of para-hydroxylation sites is 2. The molecule has 1 aliphatic heterocycles. The molecular weight excluding hydrogens is 292 g/mol. The second-order valence-corrected chi connectivity index (χ2v) is 5.46. The Morgan fingerprint density at radius 1 is 1.22 bits per heavy atom. The van der Waals surface area contributed by atoms with Gasteiger partial charge in [-0.25, -0.2) is 5.43 Å². The number of hydrazone groups is 1. The lowest BCUT2D eigenvalue weighted by molar-refractivity contribution is -0.130. The molecular formula is C18H18N2O3. The van der Waals surface area contributed by atoms with Gasteiger partial charge >= 0.3 is 0 Å². The first-order valence-corrected chi connectivity index (χ1v) is 7.42. The molecule has 1 atom stereocenters. The first-order chi connectivity index (χ1) is 11.1. The third kappa shape index (κ3) is 3.51. The molecule has 0 saturated heterocycles. The molecule has 0 saturated carbocycles. The standard InChI is InChI=1S/C18H18N2O3/c1-12-7-8-14(13(2)9-12)10-19-20-18(21)17-11-22-15-5-3-4-6-16(15)23-17/h3-10,17H,11H2,1-2H3,(H,20,21)/b19-10-/t17-/m1/s1. The Morgan fingerprint density at radius 2 is 2.00 bits per heavy atom. The van der Waals surface area contributed by atoms with E-state index in [0.29, 0.717) is 11.5 Å². The molecule has 0 bridgehead atoms. The Balaban J connectivity index is 1.61. The van der Waals surface area contributed by atoms with Crippen LogP contribution in [0.4, 0.5) is 0 Å². The maximum Gasteiger partial charge on any atom is 0.284 e. The molecule has 2 aromatic carbocycles.